The molecule has 0 atom stereocenters. The fraction of sp³-hybridized carbons (Fsp3) is 0.588. The van der Waals surface area contributed by atoms with Gasteiger partial charge in [0.1, 0.15) is 0 Å². The normalized spacial score (nSPS) is 15.7. The van der Waals surface area contributed by atoms with Crippen molar-refractivity contribution in [2.75, 3.05) is 26.7 Å². The molecule has 1 aromatic carbocycles. The van der Waals surface area contributed by atoms with Crippen LogP contribution in [0.4, 0.5) is 0 Å². The second-order valence-electron chi connectivity index (χ2n) is 6.67. The van der Waals surface area contributed by atoms with Crippen molar-refractivity contribution in [2.24, 2.45) is 4.99 Å². The molecule has 2 N–H and O–H groups in total. The first-order chi connectivity index (χ1) is 9.98. The van der Waals surface area contributed by atoms with Crippen LogP contribution in [-0.4, -0.2) is 43.1 Å². The lowest BCUT2D eigenvalue weighted by molar-refractivity contribution is 0.258. The lowest BCUT2D eigenvalue weighted by Crippen LogP contribution is -2.49. The predicted octanol–water partition coefficient (Wildman–Crippen LogP) is 2.63. The van der Waals surface area contributed by atoms with Crippen LogP contribution in [0.15, 0.2) is 29.3 Å². The van der Waals surface area contributed by atoms with E-state index in [-0.39, 0.29) is 29.5 Å². The molecule has 0 aliphatic carbocycles. The van der Waals surface area contributed by atoms with Gasteiger partial charge in [0.05, 0.1) is 0 Å². The monoisotopic (exact) mass is 416 g/mol. The van der Waals surface area contributed by atoms with Crippen molar-refractivity contribution >= 4 is 29.9 Å². The molecule has 0 saturated heterocycles. The van der Waals surface area contributed by atoms with Crippen LogP contribution < -0.4 is 10.6 Å². The maximum atomic E-state index is 4.27. The van der Waals surface area contributed by atoms with Gasteiger partial charge >= 0.3 is 0 Å². The predicted molar refractivity (Wildman–Crippen MR) is 105 cm³/mol. The average Bonchev–Trinajstić information content (AvgIpc) is 2.45. The molecule has 0 bridgehead atoms. The summed E-state index contributed by atoms with van der Waals surface area (Å²) in [5.74, 6) is 0.875. The smallest absolute Gasteiger partial charge is 0.191 e. The number of aliphatic imine (C=N–C) groups is 1. The van der Waals surface area contributed by atoms with Crippen molar-refractivity contribution in [1.29, 1.82) is 0 Å². The molecule has 124 valence electrons. The molecule has 0 amide bonds. The highest BCUT2D eigenvalue weighted by atomic mass is 127. The second-order valence-corrected chi connectivity index (χ2v) is 6.67. The summed E-state index contributed by atoms with van der Waals surface area (Å²) in [4.78, 5) is 6.77. The maximum absolute atomic E-state index is 4.27. The standard InChI is InChI=1S/C17H28N4.HI/c1-17(2,3)20-16(18-4)19-10-12-21-11-9-14-7-5-6-8-15(14)13-21;/h5-8H,9-13H2,1-4H3,(H2,18,19,20);1H. The molecule has 0 aromatic heterocycles. The molecule has 5 heteroatoms. The number of halogens is 1. The summed E-state index contributed by atoms with van der Waals surface area (Å²) in [5, 5.41) is 6.77. The van der Waals surface area contributed by atoms with E-state index in [0.717, 1.165) is 38.6 Å². The first-order valence-corrected chi connectivity index (χ1v) is 7.76. The summed E-state index contributed by atoms with van der Waals surface area (Å²) in [7, 11) is 1.82. The van der Waals surface area contributed by atoms with Crippen LogP contribution in [0.1, 0.15) is 31.9 Å². The molecule has 1 aliphatic heterocycles. The third-order valence-electron chi connectivity index (χ3n) is 3.65. The molecule has 0 spiro atoms. The van der Waals surface area contributed by atoms with Gasteiger partial charge in [0.2, 0.25) is 0 Å². The Morgan fingerprint density at radius 1 is 1.23 bits per heavy atom. The van der Waals surface area contributed by atoms with Crippen molar-refractivity contribution in [3.05, 3.63) is 35.4 Å². The molecular formula is C17H29IN4. The molecule has 1 aromatic rings. The Morgan fingerprint density at radius 2 is 1.91 bits per heavy atom. The molecule has 22 heavy (non-hydrogen) atoms. The van der Waals surface area contributed by atoms with Gasteiger partial charge in [0.25, 0.3) is 0 Å². The first-order valence-electron chi connectivity index (χ1n) is 7.76. The number of nitrogens with zero attached hydrogens (tertiary/aromatic N) is 2. The van der Waals surface area contributed by atoms with Crippen molar-refractivity contribution in [1.82, 2.24) is 15.5 Å². The molecule has 2 rings (SSSR count). The van der Waals surface area contributed by atoms with Gasteiger partial charge in [-0.3, -0.25) is 9.89 Å². The number of hydrogen-bond donors (Lipinski definition) is 2. The minimum absolute atomic E-state index is 0. The van der Waals surface area contributed by atoms with Crippen LogP contribution in [0.5, 0.6) is 0 Å². The van der Waals surface area contributed by atoms with Gasteiger partial charge in [0.15, 0.2) is 5.96 Å². The van der Waals surface area contributed by atoms with E-state index in [4.69, 9.17) is 0 Å². The van der Waals surface area contributed by atoms with Gasteiger partial charge in [0, 0.05) is 38.8 Å². The van der Waals surface area contributed by atoms with E-state index in [9.17, 15) is 0 Å². The largest absolute Gasteiger partial charge is 0.355 e. The van der Waals surface area contributed by atoms with Gasteiger partial charge < -0.3 is 10.6 Å². The highest BCUT2D eigenvalue weighted by Crippen LogP contribution is 2.17. The van der Waals surface area contributed by atoms with E-state index < -0.39 is 0 Å². The summed E-state index contributed by atoms with van der Waals surface area (Å²) >= 11 is 0. The Morgan fingerprint density at radius 3 is 2.55 bits per heavy atom. The Labute approximate surface area is 151 Å². The van der Waals surface area contributed by atoms with E-state index >= 15 is 0 Å². The Hall–Kier alpha value is -0.820. The number of nitrogens with one attached hydrogen (secondary N) is 2. The van der Waals surface area contributed by atoms with Crippen LogP contribution >= 0.6 is 24.0 Å². The fourth-order valence-corrected chi connectivity index (χ4v) is 2.61. The van der Waals surface area contributed by atoms with Crippen LogP contribution in [0.25, 0.3) is 0 Å². The Balaban J connectivity index is 0.00000242. The van der Waals surface area contributed by atoms with E-state index in [1.807, 2.05) is 7.05 Å². The number of fused-ring (bicyclic) bond motifs is 1. The van der Waals surface area contributed by atoms with Gasteiger partial charge in [-0.15, -0.1) is 24.0 Å². The summed E-state index contributed by atoms with van der Waals surface area (Å²) in [6.45, 7) is 10.6. The number of hydrogen-bond acceptors (Lipinski definition) is 2. The van der Waals surface area contributed by atoms with Crippen molar-refractivity contribution in [3.8, 4) is 0 Å². The molecule has 0 unspecified atom stereocenters. The summed E-state index contributed by atoms with van der Waals surface area (Å²) in [6.07, 6.45) is 1.16. The van der Waals surface area contributed by atoms with Gasteiger partial charge in [-0.25, -0.2) is 0 Å². The lowest BCUT2D eigenvalue weighted by Gasteiger charge is -2.29. The second kappa shape index (κ2) is 8.72. The number of rotatable bonds is 3. The zero-order chi connectivity index (χ0) is 15.3. The highest BCUT2D eigenvalue weighted by Gasteiger charge is 2.16. The van der Waals surface area contributed by atoms with Gasteiger partial charge in [-0.1, -0.05) is 24.3 Å². The first kappa shape index (κ1) is 19.2. The summed E-state index contributed by atoms with van der Waals surface area (Å²) in [5.41, 5.74) is 3.01. The summed E-state index contributed by atoms with van der Waals surface area (Å²) < 4.78 is 0. The Kier molecular flexibility index (Phi) is 7.62. The van der Waals surface area contributed by atoms with E-state index in [2.05, 4.69) is 65.6 Å². The molecule has 4 nitrogen and oxygen atoms in total. The zero-order valence-corrected chi connectivity index (χ0v) is 16.5. The summed E-state index contributed by atoms with van der Waals surface area (Å²) in [6, 6.07) is 8.77. The molecular weight excluding hydrogens is 387 g/mol. The van der Waals surface area contributed by atoms with Crippen LogP contribution in [0.2, 0.25) is 0 Å². The molecule has 0 saturated carbocycles. The van der Waals surface area contributed by atoms with Gasteiger partial charge in [-0.05, 0) is 38.3 Å². The molecule has 1 heterocycles. The minimum Gasteiger partial charge on any atom is -0.355 e. The van der Waals surface area contributed by atoms with Crippen LogP contribution in [-0.2, 0) is 13.0 Å². The third kappa shape index (κ3) is 6.12. The van der Waals surface area contributed by atoms with Crippen molar-refractivity contribution < 1.29 is 0 Å². The van der Waals surface area contributed by atoms with Crippen LogP contribution in [0, 0.1) is 0 Å². The third-order valence-corrected chi connectivity index (χ3v) is 3.65. The van der Waals surface area contributed by atoms with Crippen molar-refractivity contribution in [3.63, 3.8) is 0 Å². The maximum Gasteiger partial charge on any atom is 0.191 e. The number of benzene rings is 1. The zero-order valence-electron chi connectivity index (χ0n) is 14.1. The SMILES string of the molecule is CN=C(NCCN1CCc2ccccc2C1)NC(C)(C)C.I. The van der Waals surface area contributed by atoms with E-state index in [0.29, 0.717) is 0 Å². The van der Waals surface area contributed by atoms with Gasteiger partial charge in [-0.2, -0.15) is 0 Å². The number of guanidine groups is 1. The quantitative estimate of drug-likeness (QED) is 0.452. The fourth-order valence-electron chi connectivity index (χ4n) is 2.61. The lowest BCUT2D eigenvalue weighted by atomic mass is 10.00. The highest BCUT2D eigenvalue weighted by molar-refractivity contribution is 14.0. The molecule has 0 radical (unpaired) electrons. The van der Waals surface area contributed by atoms with E-state index in [1.165, 1.54) is 11.1 Å². The minimum atomic E-state index is 0. The van der Waals surface area contributed by atoms with Crippen molar-refractivity contribution in [2.45, 2.75) is 39.3 Å². The topological polar surface area (TPSA) is 39.7 Å². The molecule has 0 fully saturated rings. The Bertz CT molecular complexity index is 494. The van der Waals surface area contributed by atoms with E-state index in [1.54, 1.807) is 0 Å². The average molecular weight is 416 g/mol. The molecule has 1 aliphatic rings. The van der Waals surface area contributed by atoms with Crippen LogP contribution in [0.3, 0.4) is 0 Å².